The zero-order chi connectivity index (χ0) is 61.3. The average molecular weight is 1200 g/mol. The number of hydrogen-bond donors (Lipinski definition) is 0. The molecule has 0 heterocycles. The van der Waals surface area contributed by atoms with Crippen molar-refractivity contribution in [2.45, 2.75) is 250 Å². The Labute approximate surface area is 533 Å². The first kappa shape index (κ1) is 71.1. The van der Waals surface area contributed by atoms with Crippen LogP contribution in [0.2, 0.25) is 0 Å². The van der Waals surface area contributed by atoms with Crippen LogP contribution in [0.3, 0.4) is 0 Å². The third kappa shape index (κ3) is 16.5. The Morgan fingerprint density at radius 2 is 0.847 bits per heavy atom. The van der Waals surface area contributed by atoms with Crippen molar-refractivity contribution in [1.82, 2.24) is 0 Å². The van der Waals surface area contributed by atoms with Gasteiger partial charge in [0.15, 0.2) is 0 Å². The van der Waals surface area contributed by atoms with Crippen molar-refractivity contribution >= 4 is 23.1 Å². The number of allylic oxidation sites excluding steroid dienone is 2. The van der Waals surface area contributed by atoms with Crippen molar-refractivity contribution in [3.05, 3.63) is 108 Å². The minimum atomic E-state index is -0.329. The largest absolute Gasteiger partial charge is 0.852 e. The van der Waals surface area contributed by atoms with E-state index in [9.17, 15) is 29.4 Å². The van der Waals surface area contributed by atoms with Crippen molar-refractivity contribution in [1.29, 1.82) is 0 Å². The Balaban J connectivity index is 0.000000197. The molecular weight excluding hydrogens is 1080 g/mol. The second-order valence-electron chi connectivity index (χ2n) is 30.6. The molecule has 8 aliphatic carbocycles. The molecule has 85 heavy (non-hydrogen) atoms. The zero-order valence-electron chi connectivity index (χ0n) is 55.8. The van der Waals surface area contributed by atoms with E-state index in [1.807, 2.05) is 12.1 Å². The van der Waals surface area contributed by atoms with Gasteiger partial charge in [0.2, 0.25) is 0 Å². The molecule has 472 valence electrons. The quantitative estimate of drug-likeness (QED) is 0.0483. The molecule has 6 fully saturated rings. The van der Waals surface area contributed by atoms with E-state index >= 15 is 0 Å². The van der Waals surface area contributed by atoms with Crippen LogP contribution >= 0.6 is 0 Å². The number of rotatable bonds is 18. The molecule has 0 radical (unpaired) electrons. The number of hydrogen-bond acceptors (Lipinski definition) is 6. The summed E-state index contributed by atoms with van der Waals surface area (Å²) in [5.74, 6) is 11.5. The molecule has 18 atom stereocenters. The monoisotopic (exact) mass is 1200 g/mol. The Bertz CT molecular complexity index is 2360. The van der Waals surface area contributed by atoms with Crippen LogP contribution in [0.4, 0.5) is 0 Å². The summed E-state index contributed by atoms with van der Waals surface area (Å²) < 4.78 is 0. The van der Waals surface area contributed by atoms with Crippen molar-refractivity contribution < 1.29 is 51.1 Å². The standard InChI is InChI=1S/2C29H49O.2C10H9O2.Ti/c2*1-7-21(19(2)3)9-8-20(4)25-12-13-26-24-11-10-22-18-23(30)14-16-28(22,5)27(24)15-17-29(25,26)6;2*1-8(11)7-10(12)9-5-3-2-4-6-9;/h2*10,19-21,23-27H,7-9,11-18H2,1-6H3;2*2-7H,1H3;/q4*-1;/t2*20?,21-,23+,24+,25-,26?,27?,28+,29-;;;/m11.../s1. The molecule has 6 nitrogen and oxygen atoms in total. The van der Waals surface area contributed by atoms with Gasteiger partial charge in [0.25, 0.3) is 0 Å². The molecule has 0 spiro atoms. The predicted molar refractivity (Wildman–Crippen MR) is 344 cm³/mol. The molecule has 0 saturated heterocycles. The van der Waals surface area contributed by atoms with Gasteiger partial charge in [-0.1, -0.05) is 181 Å². The maximum atomic E-state index is 12.2. The molecule has 8 aliphatic rings. The van der Waals surface area contributed by atoms with Gasteiger partial charge in [-0.15, -0.1) is 60.4 Å². The predicted octanol–water partition coefficient (Wildman–Crippen LogP) is 18.1. The van der Waals surface area contributed by atoms with Crippen LogP contribution in [0.25, 0.3) is 0 Å². The number of carbonyl (C=O) groups excluding carboxylic acids is 4. The average Bonchev–Trinajstić information content (AvgIpc) is 1.77. The van der Waals surface area contributed by atoms with Gasteiger partial charge in [-0.25, -0.2) is 0 Å². The molecule has 6 unspecified atom stereocenters. The molecule has 0 aromatic heterocycles. The van der Waals surface area contributed by atoms with Crippen LogP contribution in [0, 0.1) is 117 Å². The third-order valence-electron chi connectivity index (χ3n) is 25.3. The maximum absolute atomic E-state index is 12.2. The fourth-order valence-corrected chi connectivity index (χ4v) is 20.3. The van der Waals surface area contributed by atoms with Gasteiger partial charge < -0.3 is 29.4 Å². The first-order chi connectivity index (χ1) is 39.8. The fraction of sp³-hybridized carbons (Fsp3) is 0.718. The third-order valence-corrected chi connectivity index (χ3v) is 25.3. The Hall–Kier alpha value is -3.03. The number of Topliss-reactive ketones (excluding diaryl/α,β-unsaturated/α-hetero) is 4. The van der Waals surface area contributed by atoms with E-state index in [0.717, 1.165) is 134 Å². The zero-order valence-corrected chi connectivity index (χ0v) is 57.4. The SMILES string of the molecule is CC(=O)[CH-]C(=O)c1ccccc1.CC(=O)[CH-]C(=O)c1ccccc1.CC[C@H](CCC(C)[C@H]1CCC2[C@@H]3CC=C4C[C@@H]([O-])CC[C@]4(C)C3CC[C@@]21C)C(C)C.CC[C@H](CCC(C)[C@H]1CCC2[C@@H]3CC=C4C[C@@H]([O-])CC[C@]4(C)C3CC[C@@]21C)C(C)C.[Ti]. The molecule has 2 aromatic rings. The van der Waals surface area contributed by atoms with Crippen LogP contribution in [-0.2, 0) is 31.3 Å². The summed E-state index contributed by atoms with van der Waals surface area (Å²) in [6, 6.07) is 17.4. The minimum Gasteiger partial charge on any atom is -0.852 e. The van der Waals surface area contributed by atoms with Crippen LogP contribution in [0.1, 0.15) is 259 Å². The van der Waals surface area contributed by atoms with Crippen molar-refractivity contribution in [2.75, 3.05) is 0 Å². The van der Waals surface area contributed by atoms with Crippen LogP contribution in [0.5, 0.6) is 0 Å². The maximum Gasteiger partial charge on any atom is 0.0768 e. The summed E-state index contributed by atoms with van der Waals surface area (Å²) >= 11 is 0. The molecule has 7 heteroatoms. The Morgan fingerprint density at radius 3 is 1.16 bits per heavy atom. The second-order valence-corrected chi connectivity index (χ2v) is 30.6. The van der Waals surface area contributed by atoms with Crippen molar-refractivity contribution in [2.24, 2.45) is 105 Å². The first-order valence-electron chi connectivity index (χ1n) is 34.4. The number of carbonyl (C=O) groups is 4. The Morgan fingerprint density at radius 1 is 0.494 bits per heavy atom. The number of benzene rings is 2. The first-order valence-corrected chi connectivity index (χ1v) is 34.4. The van der Waals surface area contributed by atoms with Crippen LogP contribution in [-0.4, -0.2) is 35.3 Å². The van der Waals surface area contributed by atoms with Gasteiger partial charge >= 0.3 is 0 Å². The normalized spacial score (nSPS) is 34.6. The van der Waals surface area contributed by atoms with Gasteiger partial charge in [-0.05, 0) is 221 Å². The Kier molecular flexibility index (Phi) is 26.0. The van der Waals surface area contributed by atoms with Gasteiger partial charge in [0.05, 0.1) is 11.6 Å². The molecule has 0 amide bonds. The van der Waals surface area contributed by atoms with Gasteiger partial charge in [0, 0.05) is 33.3 Å². The van der Waals surface area contributed by atoms with Gasteiger partial charge in [-0.2, -0.15) is 0 Å². The summed E-state index contributed by atoms with van der Waals surface area (Å²) in [6.07, 6.45) is 35.0. The van der Waals surface area contributed by atoms with E-state index in [0.29, 0.717) is 32.8 Å². The van der Waals surface area contributed by atoms with E-state index in [1.165, 1.54) is 117 Å². The minimum absolute atomic E-state index is 0. The summed E-state index contributed by atoms with van der Waals surface area (Å²) in [5.41, 5.74) is 6.04. The number of fused-ring (bicyclic) bond motifs is 10. The smallest absolute Gasteiger partial charge is 0.0768 e. The van der Waals surface area contributed by atoms with Crippen LogP contribution in [0.15, 0.2) is 84.0 Å². The molecule has 2 aromatic carbocycles. The van der Waals surface area contributed by atoms with Crippen molar-refractivity contribution in [3.63, 3.8) is 0 Å². The summed E-state index contributed by atoms with van der Waals surface area (Å²) in [7, 11) is 0. The van der Waals surface area contributed by atoms with E-state index in [-0.39, 0.29) is 57.1 Å². The molecule has 6 saturated carbocycles. The van der Waals surface area contributed by atoms with Crippen molar-refractivity contribution in [3.8, 4) is 0 Å². The summed E-state index contributed by atoms with van der Waals surface area (Å²) in [4.78, 5) is 43.5. The second kappa shape index (κ2) is 31.1. The van der Waals surface area contributed by atoms with Gasteiger partial charge in [0.1, 0.15) is 0 Å². The van der Waals surface area contributed by atoms with Crippen LogP contribution < -0.4 is 10.2 Å². The summed E-state index contributed by atoms with van der Waals surface area (Å²) in [5, 5.41) is 24.4. The van der Waals surface area contributed by atoms with E-state index in [2.05, 4.69) is 95.2 Å². The molecule has 0 bridgehead atoms. The van der Waals surface area contributed by atoms with E-state index in [4.69, 9.17) is 0 Å². The molecule has 10 rings (SSSR count). The molecule has 0 aliphatic heterocycles. The number of ketones is 4. The van der Waals surface area contributed by atoms with E-state index < -0.39 is 0 Å². The topological polar surface area (TPSA) is 114 Å². The molecular formula is C78H116O6Ti-4. The summed E-state index contributed by atoms with van der Waals surface area (Å²) in [6.45, 7) is 32.8. The fourth-order valence-electron chi connectivity index (χ4n) is 20.3. The van der Waals surface area contributed by atoms with Gasteiger partial charge in [-0.3, -0.25) is 0 Å². The van der Waals surface area contributed by atoms with E-state index in [1.54, 1.807) is 59.7 Å². The molecule has 0 N–H and O–H groups in total.